The Labute approximate surface area is 158 Å². The van der Waals surface area contributed by atoms with Crippen molar-refractivity contribution in [1.82, 2.24) is 0 Å². The van der Waals surface area contributed by atoms with Gasteiger partial charge in [-0.15, -0.1) is 0 Å². The van der Waals surface area contributed by atoms with E-state index in [2.05, 4.69) is 69.5 Å². The third-order valence-corrected chi connectivity index (χ3v) is 3.69. The Morgan fingerprint density at radius 2 is 1.48 bits per heavy atom. The topological polar surface area (TPSA) is 0 Å². The molecule has 140 valence electrons. The average molecular weight is 341 g/mol. The van der Waals surface area contributed by atoms with Crippen molar-refractivity contribution in [2.75, 3.05) is 0 Å². The Morgan fingerprint density at radius 1 is 0.920 bits per heavy atom. The number of hydrogen-bond acceptors (Lipinski definition) is 0. The van der Waals surface area contributed by atoms with E-state index in [0.717, 1.165) is 5.57 Å². The Kier molecular flexibility index (Phi) is 17.3. The van der Waals surface area contributed by atoms with Gasteiger partial charge < -0.3 is 0 Å². The summed E-state index contributed by atoms with van der Waals surface area (Å²) in [5.74, 6) is 1.11. The van der Waals surface area contributed by atoms with Gasteiger partial charge in [-0.25, -0.2) is 0 Å². The first kappa shape index (κ1) is 25.4. The zero-order valence-corrected chi connectivity index (χ0v) is 17.7. The molecule has 0 N–H and O–H groups in total. The SMILES string of the molecule is C=C(C)/C=C\C(=C)C(C)CCC(C)/C=C/c1ccccc1.CC.CC. The van der Waals surface area contributed by atoms with Crippen molar-refractivity contribution < 1.29 is 0 Å². The summed E-state index contributed by atoms with van der Waals surface area (Å²) in [6.07, 6.45) is 11.0. The first-order chi connectivity index (χ1) is 12.0. The molecule has 0 heteroatoms. The lowest BCUT2D eigenvalue weighted by atomic mass is 9.92. The van der Waals surface area contributed by atoms with Crippen LogP contribution in [0.15, 0.2) is 72.9 Å². The van der Waals surface area contributed by atoms with Crippen LogP contribution < -0.4 is 0 Å². The fraction of sp³-hybridized carbons (Fsp3) is 0.440. The van der Waals surface area contributed by atoms with Crippen LogP contribution in [0.3, 0.4) is 0 Å². The Bertz CT molecular complexity index is 502. The van der Waals surface area contributed by atoms with Gasteiger partial charge in [0.1, 0.15) is 0 Å². The van der Waals surface area contributed by atoms with Gasteiger partial charge in [0.05, 0.1) is 0 Å². The molecule has 1 aromatic carbocycles. The second-order valence-electron chi connectivity index (χ2n) is 5.98. The Balaban J connectivity index is 0. The van der Waals surface area contributed by atoms with Gasteiger partial charge in [0, 0.05) is 0 Å². The summed E-state index contributed by atoms with van der Waals surface area (Å²) in [7, 11) is 0. The van der Waals surface area contributed by atoms with Crippen molar-refractivity contribution in [3.05, 3.63) is 78.4 Å². The minimum Gasteiger partial charge on any atom is -0.0961 e. The van der Waals surface area contributed by atoms with E-state index in [1.54, 1.807) is 0 Å². The second-order valence-corrected chi connectivity index (χ2v) is 5.98. The highest BCUT2D eigenvalue weighted by Gasteiger charge is 2.06. The standard InChI is InChI=1S/C21H28.2C2H6/c1-17(2)11-14-19(4)20(5)15-12-18(3)13-16-21-9-7-6-8-10-21;2*1-2/h6-11,13-14,16,18,20H,1,4,12,15H2,2-3,5H3;2*1-2H3/b14-11-,16-13+;;. The average Bonchev–Trinajstić information content (AvgIpc) is 2.66. The van der Waals surface area contributed by atoms with Crippen molar-refractivity contribution in [3.8, 4) is 0 Å². The fourth-order valence-electron chi connectivity index (χ4n) is 2.05. The predicted octanol–water partition coefficient (Wildman–Crippen LogP) is 8.49. The summed E-state index contributed by atoms with van der Waals surface area (Å²) in [5, 5.41) is 0. The third kappa shape index (κ3) is 14.2. The summed E-state index contributed by atoms with van der Waals surface area (Å²) >= 11 is 0. The molecule has 0 spiro atoms. The Hall–Kier alpha value is -1.82. The van der Waals surface area contributed by atoms with Gasteiger partial charge in [-0.2, -0.15) is 0 Å². The minimum absolute atomic E-state index is 0.521. The monoisotopic (exact) mass is 340 g/mol. The van der Waals surface area contributed by atoms with Crippen LogP contribution in [0, 0.1) is 11.8 Å². The van der Waals surface area contributed by atoms with Crippen molar-refractivity contribution >= 4 is 6.08 Å². The lowest BCUT2D eigenvalue weighted by Gasteiger charge is -2.13. The molecule has 0 fully saturated rings. The van der Waals surface area contributed by atoms with Crippen LogP contribution in [0.25, 0.3) is 6.08 Å². The maximum Gasteiger partial charge on any atom is -0.0196 e. The lowest BCUT2D eigenvalue weighted by molar-refractivity contribution is 0.526. The zero-order chi connectivity index (χ0) is 19.7. The molecule has 25 heavy (non-hydrogen) atoms. The van der Waals surface area contributed by atoms with Gasteiger partial charge in [0.2, 0.25) is 0 Å². The molecule has 0 nitrogen and oxygen atoms in total. The van der Waals surface area contributed by atoms with Crippen LogP contribution in [-0.2, 0) is 0 Å². The number of benzene rings is 1. The maximum atomic E-state index is 4.15. The highest BCUT2D eigenvalue weighted by atomic mass is 14.1. The minimum atomic E-state index is 0.521. The lowest BCUT2D eigenvalue weighted by Crippen LogP contribution is -2.00. The molecular formula is C25H40. The van der Waals surface area contributed by atoms with Crippen LogP contribution in [0.2, 0.25) is 0 Å². The van der Waals surface area contributed by atoms with E-state index >= 15 is 0 Å². The molecule has 0 radical (unpaired) electrons. The van der Waals surface area contributed by atoms with E-state index in [0.29, 0.717) is 11.8 Å². The summed E-state index contributed by atoms with van der Waals surface area (Å²) in [6, 6.07) is 10.5. The van der Waals surface area contributed by atoms with Crippen LogP contribution >= 0.6 is 0 Å². The van der Waals surface area contributed by atoms with Gasteiger partial charge in [-0.3, -0.25) is 0 Å². The van der Waals surface area contributed by atoms with Gasteiger partial charge in [0.15, 0.2) is 0 Å². The molecule has 0 bridgehead atoms. The first-order valence-corrected chi connectivity index (χ1v) is 9.74. The summed E-state index contributed by atoms with van der Waals surface area (Å²) in [6.45, 7) is 22.6. The molecule has 0 aliphatic carbocycles. The van der Waals surface area contributed by atoms with Crippen molar-refractivity contribution in [2.45, 2.75) is 61.3 Å². The molecular weight excluding hydrogens is 300 g/mol. The van der Waals surface area contributed by atoms with E-state index in [1.807, 2.05) is 46.8 Å². The molecule has 0 heterocycles. The molecule has 0 aliphatic rings. The van der Waals surface area contributed by atoms with E-state index in [9.17, 15) is 0 Å². The third-order valence-electron chi connectivity index (χ3n) is 3.69. The van der Waals surface area contributed by atoms with E-state index in [1.165, 1.54) is 24.0 Å². The van der Waals surface area contributed by atoms with E-state index < -0.39 is 0 Å². The normalized spacial score (nSPS) is 12.6. The molecule has 2 atom stereocenters. The molecule has 2 unspecified atom stereocenters. The molecule has 0 saturated heterocycles. The van der Waals surface area contributed by atoms with Gasteiger partial charge in [-0.1, -0.05) is 120 Å². The smallest absolute Gasteiger partial charge is 0.0196 e. The largest absolute Gasteiger partial charge is 0.0961 e. The fourth-order valence-corrected chi connectivity index (χ4v) is 2.05. The van der Waals surface area contributed by atoms with Gasteiger partial charge in [0.25, 0.3) is 0 Å². The highest BCUT2D eigenvalue weighted by Crippen LogP contribution is 2.20. The van der Waals surface area contributed by atoms with Crippen molar-refractivity contribution in [2.24, 2.45) is 11.8 Å². The molecule has 0 amide bonds. The van der Waals surface area contributed by atoms with Crippen LogP contribution in [0.5, 0.6) is 0 Å². The van der Waals surface area contributed by atoms with Gasteiger partial charge >= 0.3 is 0 Å². The van der Waals surface area contributed by atoms with Crippen molar-refractivity contribution in [1.29, 1.82) is 0 Å². The zero-order valence-electron chi connectivity index (χ0n) is 17.7. The van der Waals surface area contributed by atoms with Crippen molar-refractivity contribution in [3.63, 3.8) is 0 Å². The number of hydrogen-bond donors (Lipinski definition) is 0. The van der Waals surface area contributed by atoms with Crippen LogP contribution in [-0.4, -0.2) is 0 Å². The quantitative estimate of drug-likeness (QED) is 0.416. The molecule has 0 aromatic heterocycles. The second kappa shape index (κ2) is 17.0. The number of rotatable bonds is 8. The summed E-state index contributed by atoms with van der Waals surface area (Å²) < 4.78 is 0. The van der Waals surface area contributed by atoms with E-state index in [-0.39, 0.29) is 0 Å². The number of allylic oxidation sites excluding steroid dienone is 5. The molecule has 0 saturated carbocycles. The summed E-state index contributed by atoms with van der Waals surface area (Å²) in [4.78, 5) is 0. The van der Waals surface area contributed by atoms with Crippen LogP contribution in [0.4, 0.5) is 0 Å². The predicted molar refractivity (Wildman–Crippen MR) is 119 cm³/mol. The van der Waals surface area contributed by atoms with Crippen LogP contribution in [0.1, 0.15) is 66.9 Å². The molecule has 1 rings (SSSR count). The molecule has 0 aliphatic heterocycles. The summed E-state index contributed by atoms with van der Waals surface area (Å²) in [5.41, 5.74) is 3.53. The van der Waals surface area contributed by atoms with Gasteiger partial charge in [-0.05, 0) is 37.2 Å². The first-order valence-electron chi connectivity index (χ1n) is 9.74. The molecule has 1 aromatic rings. The maximum absolute atomic E-state index is 4.15. The Morgan fingerprint density at radius 3 is 2.00 bits per heavy atom. The van der Waals surface area contributed by atoms with E-state index in [4.69, 9.17) is 0 Å². The highest BCUT2D eigenvalue weighted by molar-refractivity contribution is 5.48.